The highest BCUT2D eigenvalue weighted by Gasteiger charge is 2.22. The third kappa shape index (κ3) is 3.82. The number of carbonyl (C=O) groups excluding carboxylic acids is 1. The minimum Gasteiger partial charge on any atom is -0.353 e. The molecule has 0 radical (unpaired) electrons. The van der Waals surface area contributed by atoms with Crippen LogP contribution in [-0.2, 0) is 4.79 Å². The van der Waals surface area contributed by atoms with E-state index in [-0.39, 0.29) is 11.8 Å². The van der Waals surface area contributed by atoms with E-state index in [1.807, 2.05) is 14.0 Å². The summed E-state index contributed by atoms with van der Waals surface area (Å²) < 4.78 is 0. The van der Waals surface area contributed by atoms with Gasteiger partial charge in [-0.25, -0.2) is 0 Å². The molecule has 1 amide bonds. The summed E-state index contributed by atoms with van der Waals surface area (Å²) in [6, 6.07) is 1.07. The van der Waals surface area contributed by atoms with Crippen molar-refractivity contribution in [1.82, 2.24) is 10.6 Å². The molecule has 0 bridgehead atoms. The Morgan fingerprint density at radius 1 is 1.27 bits per heavy atom. The van der Waals surface area contributed by atoms with Crippen molar-refractivity contribution in [2.75, 3.05) is 7.05 Å². The molecule has 1 rings (SSSR count). The number of nitrogens with one attached hydrogen (secondary N) is 2. The predicted octanol–water partition coefficient (Wildman–Crippen LogP) is 1.68. The fraction of sp³-hybridized carbons (Fsp3) is 0.917. The van der Waals surface area contributed by atoms with Crippen molar-refractivity contribution in [3.8, 4) is 0 Å². The quantitative estimate of drug-likeness (QED) is 0.744. The van der Waals surface area contributed by atoms with Crippen molar-refractivity contribution >= 4 is 5.91 Å². The van der Waals surface area contributed by atoms with Gasteiger partial charge < -0.3 is 10.6 Å². The van der Waals surface area contributed by atoms with Gasteiger partial charge in [-0.15, -0.1) is 0 Å². The average Bonchev–Trinajstić information content (AvgIpc) is 2.29. The maximum Gasteiger partial charge on any atom is 0.223 e. The third-order valence-electron chi connectivity index (χ3n) is 3.54. The first-order chi connectivity index (χ1) is 7.17. The second-order valence-corrected chi connectivity index (χ2v) is 4.66. The summed E-state index contributed by atoms with van der Waals surface area (Å²) in [7, 11) is 2.02. The van der Waals surface area contributed by atoms with Gasteiger partial charge in [-0.1, -0.05) is 13.8 Å². The van der Waals surface area contributed by atoms with E-state index in [2.05, 4.69) is 17.6 Å². The molecule has 2 N–H and O–H groups in total. The van der Waals surface area contributed by atoms with E-state index in [0.717, 1.165) is 19.3 Å². The lowest BCUT2D eigenvalue weighted by Gasteiger charge is -2.29. The molecular weight excluding hydrogens is 188 g/mol. The Balaban J connectivity index is 2.26. The molecule has 1 aliphatic carbocycles. The molecule has 1 aliphatic rings. The van der Waals surface area contributed by atoms with Crippen molar-refractivity contribution in [1.29, 1.82) is 0 Å². The number of hydrogen-bond donors (Lipinski definition) is 2. The van der Waals surface area contributed by atoms with Crippen LogP contribution >= 0.6 is 0 Å². The molecule has 3 heteroatoms. The van der Waals surface area contributed by atoms with Crippen LogP contribution < -0.4 is 10.6 Å². The zero-order valence-electron chi connectivity index (χ0n) is 10.2. The normalized spacial score (nSPS) is 28.5. The summed E-state index contributed by atoms with van der Waals surface area (Å²) in [6.45, 7) is 4.05. The molecule has 0 aromatic heterocycles. The molecule has 0 saturated heterocycles. The number of rotatable bonds is 4. The first-order valence-corrected chi connectivity index (χ1v) is 6.15. The van der Waals surface area contributed by atoms with Crippen LogP contribution in [0.3, 0.4) is 0 Å². The highest BCUT2D eigenvalue weighted by molar-refractivity contribution is 5.78. The van der Waals surface area contributed by atoms with Crippen LogP contribution in [0.1, 0.15) is 46.0 Å². The zero-order valence-corrected chi connectivity index (χ0v) is 10.2. The SMILES string of the molecule is CCC(C)C(=O)NC1CCC(NC)CC1. The lowest BCUT2D eigenvalue weighted by molar-refractivity contribution is -0.125. The third-order valence-corrected chi connectivity index (χ3v) is 3.54. The van der Waals surface area contributed by atoms with Gasteiger partial charge in [-0.05, 0) is 39.2 Å². The summed E-state index contributed by atoms with van der Waals surface area (Å²) in [6.07, 6.45) is 5.53. The molecule has 1 unspecified atom stereocenters. The lowest BCUT2D eigenvalue weighted by atomic mass is 9.91. The molecule has 88 valence electrons. The van der Waals surface area contributed by atoms with E-state index < -0.39 is 0 Å². The Kier molecular flexibility index (Phi) is 5.09. The molecule has 0 aromatic rings. The number of hydrogen-bond acceptors (Lipinski definition) is 2. The van der Waals surface area contributed by atoms with E-state index in [9.17, 15) is 4.79 Å². The lowest BCUT2D eigenvalue weighted by Crippen LogP contribution is -2.43. The summed E-state index contributed by atoms with van der Waals surface area (Å²) in [5.74, 6) is 0.387. The maximum atomic E-state index is 11.7. The van der Waals surface area contributed by atoms with Gasteiger partial charge in [0.25, 0.3) is 0 Å². The largest absolute Gasteiger partial charge is 0.353 e. The van der Waals surface area contributed by atoms with E-state index in [4.69, 9.17) is 0 Å². The molecule has 0 aromatic carbocycles. The minimum absolute atomic E-state index is 0.159. The van der Waals surface area contributed by atoms with Gasteiger partial charge in [0.1, 0.15) is 0 Å². The highest BCUT2D eigenvalue weighted by Crippen LogP contribution is 2.18. The van der Waals surface area contributed by atoms with Crippen molar-refractivity contribution < 1.29 is 4.79 Å². The van der Waals surface area contributed by atoms with E-state index in [1.54, 1.807) is 0 Å². The minimum atomic E-state index is 0.159. The van der Waals surface area contributed by atoms with Crippen LogP contribution in [0.5, 0.6) is 0 Å². The first kappa shape index (κ1) is 12.5. The second kappa shape index (κ2) is 6.11. The van der Waals surface area contributed by atoms with E-state index in [1.165, 1.54) is 12.8 Å². The van der Waals surface area contributed by atoms with Crippen LogP contribution in [-0.4, -0.2) is 25.0 Å². The summed E-state index contributed by atoms with van der Waals surface area (Å²) in [5, 5.41) is 6.45. The van der Waals surface area contributed by atoms with Gasteiger partial charge in [0, 0.05) is 18.0 Å². The predicted molar refractivity (Wildman–Crippen MR) is 62.7 cm³/mol. The molecular formula is C12H24N2O. The molecule has 0 heterocycles. The maximum absolute atomic E-state index is 11.7. The number of amides is 1. The van der Waals surface area contributed by atoms with E-state index in [0.29, 0.717) is 12.1 Å². The van der Waals surface area contributed by atoms with Gasteiger partial charge in [-0.3, -0.25) is 4.79 Å². The zero-order chi connectivity index (χ0) is 11.3. The molecule has 15 heavy (non-hydrogen) atoms. The van der Waals surface area contributed by atoms with Gasteiger partial charge in [-0.2, -0.15) is 0 Å². The molecule has 0 aliphatic heterocycles. The van der Waals surface area contributed by atoms with E-state index >= 15 is 0 Å². The second-order valence-electron chi connectivity index (χ2n) is 4.66. The molecule has 1 fully saturated rings. The molecule has 3 nitrogen and oxygen atoms in total. The smallest absolute Gasteiger partial charge is 0.223 e. The highest BCUT2D eigenvalue weighted by atomic mass is 16.1. The van der Waals surface area contributed by atoms with Gasteiger partial charge in [0.2, 0.25) is 5.91 Å². The van der Waals surface area contributed by atoms with Crippen LogP contribution in [0.15, 0.2) is 0 Å². The molecule has 1 saturated carbocycles. The fourth-order valence-electron chi connectivity index (χ4n) is 2.06. The molecule has 1 atom stereocenters. The monoisotopic (exact) mass is 212 g/mol. The molecule has 0 spiro atoms. The van der Waals surface area contributed by atoms with Crippen molar-refractivity contribution in [2.24, 2.45) is 5.92 Å². The number of carbonyl (C=O) groups is 1. The van der Waals surface area contributed by atoms with Crippen LogP contribution in [0.4, 0.5) is 0 Å². The topological polar surface area (TPSA) is 41.1 Å². The summed E-state index contributed by atoms with van der Waals surface area (Å²) >= 11 is 0. The van der Waals surface area contributed by atoms with Gasteiger partial charge >= 0.3 is 0 Å². The summed E-state index contributed by atoms with van der Waals surface area (Å²) in [5.41, 5.74) is 0. The first-order valence-electron chi connectivity index (χ1n) is 6.15. The van der Waals surface area contributed by atoms with Crippen LogP contribution in [0, 0.1) is 5.92 Å². The fourth-order valence-corrected chi connectivity index (χ4v) is 2.06. The van der Waals surface area contributed by atoms with Gasteiger partial charge in [0.05, 0.1) is 0 Å². The van der Waals surface area contributed by atoms with Gasteiger partial charge in [0.15, 0.2) is 0 Å². The van der Waals surface area contributed by atoms with Crippen molar-refractivity contribution in [3.05, 3.63) is 0 Å². The summed E-state index contributed by atoms with van der Waals surface area (Å²) in [4.78, 5) is 11.7. The van der Waals surface area contributed by atoms with Crippen LogP contribution in [0.2, 0.25) is 0 Å². The Morgan fingerprint density at radius 3 is 2.27 bits per heavy atom. The Hall–Kier alpha value is -0.570. The average molecular weight is 212 g/mol. The Labute approximate surface area is 93.0 Å². The van der Waals surface area contributed by atoms with Crippen LogP contribution in [0.25, 0.3) is 0 Å². The standard InChI is InChI=1S/C12H24N2O/c1-4-9(2)12(15)14-11-7-5-10(13-3)6-8-11/h9-11,13H,4-8H2,1-3H3,(H,14,15). The van der Waals surface area contributed by atoms with Crippen molar-refractivity contribution in [3.63, 3.8) is 0 Å². The Morgan fingerprint density at radius 2 is 1.80 bits per heavy atom. The van der Waals surface area contributed by atoms with Crippen molar-refractivity contribution in [2.45, 2.75) is 58.0 Å². The Bertz CT molecular complexity index is 198.